The zero-order chi connectivity index (χ0) is 19.7. The number of carbonyl (C=O) groups is 2. The second-order valence-corrected chi connectivity index (χ2v) is 6.38. The van der Waals surface area contributed by atoms with E-state index in [0.29, 0.717) is 37.4 Å². The molecule has 4 rings (SSSR count). The van der Waals surface area contributed by atoms with Gasteiger partial charge >= 0.3 is 6.03 Å². The Bertz CT molecular complexity index is 1050. The number of aromatic nitrogens is 4. The third-order valence-electron chi connectivity index (χ3n) is 4.50. The Labute approximate surface area is 157 Å². The van der Waals surface area contributed by atoms with Gasteiger partial charge < -0.3 is 20.5 Å². The maximum Gasteiger partial charge on any atom is 0.317 e. The van der Waals surface area contributed by atoms with Crippen LogP contribution in [0.15, 0.2) is 24.4 Å². The zero-order valence-electron chi connectivity index (χ0n) is 14.7. The van der Waals surface area contributed by atoms with Gasteiger partial charge in [0.1, 0.15) is 11.4 Å². The van der Waals surface area contributed by atoms with Gasteiger partial charge in [0.2, 0.25) is 0 Å². The van der Waals surface area contributed by atoms with Gasteiger partial charge in [0.15, 0.2) is 11.6 Å². The van der Waals surface area contributed by atoms with E-state index in [9.17, 15) is 18.4 Å². The molecule has 0 bridgehead atoms. The smallest absolute Gasteiger partial charge is 0.317 e. The number of benzene rings is 1. The fourth-order valence-electron chi connectivity index (χ4n) is 3.01. The fraction of sp³-hybridized carbons (Fsp3) is 0.294. The van der Waals surface area contributed by atoms with Crippen LogP contribution in [0.25, 0.3) is 10.9 Å². The number of fused-ring (bicyclic) bond motifs is 1. The number of carbonyl (C=O) groups excluding carboxylic acids is 2. The topological polar surface area (TPSA) is 108 Å². The molecule has 1 aromatic carbocycles. The highest BCUT2D eigenvalue weighted by atomic mass is 19.2. The number of nitrogens with zero attached hydrogens (tertiary/aromatic N) is 4. The van der Waals surface area contributed by atoms with E-state index >= 15 is 0 Å². The van der Waals surface area contributed by atoms with Crippen molar-refractivity contribution in [1.29, 1.82) is 0 Å². The van der Waals surface area contributed by atoms with E-state index in [1.165, 1.54) is 12.1 Å². The number of rotatable bonds is 6. The van der Waals surface area contributed by atoms with Gasteiger partial charge in [-0.2, -0.15) is 0 Å². The molecule has 0 saturated carbocycles. The van der Waals surface area contributed by atoms with Gasteiger partial charge in [-0.3, -0.25) is 9.48 Å². The minimum atomic E-state index is -0.998. The predicted octanol–water partition coefficient (Wildman–Crippen LogP) is 0.993. The number of hydrogen-bond donors (Lipinski definition) is 3. The molecular weight excluding hydrogens is 372 g/mol. The summed E-state index contributed by atoms with van der Waals surface area (Å²) in [4.78, 5) is 28.2. The van der Waals surface area contributed by atoms with Crippen molar-refractivity contribution in [2.45, 2.75) is 13.1 Å². The normalized spacial score (nSPS) is 13.9. The number of aromatic amines is 1. The van der Waals surface area contributed by atoms with E-state index in [0.717, 1.165) is 6.07 Å². The van der Waals surface area contributed by atoms with Crippen LogP contribution in [0.5, 0.6) is 0 Å². The van der Waals surface area contributed by atoms with Crippen molar-refractivity contribution in [3.63, 3.8) is 0 Å². The lowest BCUT2D eigenvalue weighted by Crippen LogP contribution is -2.31. The minimum absolute atomic E-state index is 0.0158. The van der Waals surface area contributed by atoms with Crippen LogP contribution in [0.4, 0.5) is 13.6 Å². The fourth-order valence-corrected chi connectivity index (χ4v) is 3.01. The highest BCUT2D eigenvalue weighted by molar-refractivity contribution is 5.98. The van der Waals surface area contributed by atoms with Gasteiger partial charge in [-0.1, -0.05) is 5.21 Å². The van der Waals surface area contributed by atoms with Crippen LogP contribution in [0.1, 0.15) is 16.2 Å². The van der Waals surface area contributed by atoms with Crippen LogP contribution in [-0.4, -0.2) is 56.5 Å². The molecule has 0 unspecified atom stereocenters. The summed E-state index contributed by atoms with van der Waals surface area (Å²) in [6.45, 7) is 2.41. The molecule has 1 aliphatic rings. The Morgan fingerprint density at radius 2 is 2.14 bits per heavy atom. The Balaban J connectivity index is 1.34. The van der Waals surface area contributed by atoms with Crippen LogP contribution < -0.4 is 10.6 Å². The quantitative estimate of drug-likeness (QED) is 0.584. The molecule has 3 amide bonds. The monoisotopic (exact) mass is 389 g/mol. The summed E-state index contributed by atoms with van der Waals surface area (Å²) < 4.78 is 28.6. The summed E-state index contributed by atoms with van der Waals surface area (Å²) in [6.07, 6.45) is 1.68. The molecule has 0 atom stereocenters. The standard InChI is InChI=1S/C17H17F2N7O2/c18-12-1-2-13-11(15(12)19)7-14(22-13)16(27)21-8-10-9-26(24-23-10)6-5-25-4-3-20-17(25)28/h1-2,7,9,22H,3-6,8H2,(H,20,28)(H,21,27). The molecule has 1 saturated heterocycles. The first-order valence-corrected chi connectivity index (χ1v) is 8.68. The van der Waals surface area contributed by atoms with Crippen molar-refractivity contribution >= 4 is 22.8 Å². The summed E-state index contributed by atoms with van der Waals surface area (Å²) in [5.41, 5.74) is 0.987. The largest absolute Gasteiger partial charge is 0.350 e. The molecule has 3 heterocycles. The van der Waals surface area contributed by atoms with E-state index in [2.05, 4.69) is 25.9 Å². The molecule has 3 N–H and O–H groups in total. The first-order chi connectivity index (χ1) is 13.5. The highest BCUT2D eigenvalue weighted by Gasteiger charge is 2.19. The number of halogens is 2. The van der Waals surface area contributed by atoms with Crippen LogP contribution in [0.3, 0.4) is 0 Å². The molecule has 11 heteroatoms. The molecule has 0 spiro atoms. The van der Waals surface area contributed by atoms with Crippen molar-refractivity contribution in [1.82, 2.24) is 35.5 Å². The summed E-state index contributed by atoms with van der Waals surface area (Å²) in [5.74, 6) is -2.44. The van der Waals surface area contributed by atoms with Crippen molar-refractivity contribution in [2.24, 2.45) is 0 Å². The minimum Gasteiger partial charge on any atom is -0.350 e. The summed E-state index contributed by atoms with van der Waals surface area (Å²) in [7, 11) is 0. The Morgan fingerprint density at radius 3 is 2.93 bits per heavy atom. The van der Waals surface area contributed by atoms with Gasteiger partial charge in [-0.15, -0.1) is 5.10 Å². The van der Waals surface area contributed by atoms with E-state index in [4.69, 9.17) is 0 Å². The second-order valence-electron chi connectivity index (χ2n) is 6.38. The van der Waals surface area contributed by atoms with Crippen molar-refractivity contribution in [3.05, 3.63) is 47.4 Å². The maximum atomic E-state index is 13.8. The highest BCUT2D eigenvalue weighted by Crippen LogP contribution is 2.21. The van der Waals surface area contributed by atoms with Crippen LogP contribution in [-0.2, 0) is 13.1 Å². The summed E-state index contributed by atoms with van der Waals surface area (Å²) in [5, 5.41) is 13.3. The summed E-state index contributed by atoms with van der Waals surface area (Å²) >= 11 is 0. The Kier molecular flexibility index (Phi) is 4.63. The molecule has 2 aromatic heterocycles. The number of urea groups is 1. The van der Waals surface area contributed by atoms with Crippen molar-refractivity contribution in [3.8, 4) is 0 Å². The van der Waals surface area contributed by atoms with Gasteiger partial charge in [-0.25, -0.2) is 13.6 Å². The Morgan fingerprint density at radius 1 is 1.29 bits per heavy atom. The number of H-pyrrole nitrogens is 1. The van der Waals surface area contributed by atoms with Crippen molar-refractivity contribution < 1.29 is 18.4 Å². The van der Waals surface area contributed by atoms with Gasteiger partial charge in [-0.05, 0) is 18.2 Å². The molecule has 3 aromatic rings. The summed E-state index contributed by atoms with van der Waals surface area (Å²) in [6, 6.07) is 3.54. The third-order valence-corrected chi connectivity index (χ3v) is 4.50. The molecule has 0 radical (unpaired) electrons. The van der Waals surface area contributed by atoms with Crippen LogP contribution in [0.2, 0.25) is 0 Å². The van der Waals surface area contributed by atoms with Gasteiger partial charge in [0.25, 0.3) is 5.91 Å². The van der Waals surface area contributed by atoms with Crippen LogP contribution >= 0.6 is 0 Å². The zero-order valence-corrected chi connectivity index (χ0v) is 14.7. The van der Waals surface area contributed by atoms with E-state index < -0.39 is 17.5 Å². The molecule has 146 valence electrons. The molecule has 0 aliphatic carbocycles. The first-order valence-electron chi connectivity index (χ1n) is 8.68. The average Bonchev–Trinajstić information content (AvgIpc) is 3.41. The number of nitrogens with one attached hydrogen (secondary N) is 3. The molecular formula is C17H17F2N7O2. The lowest BCUT2D eigenvalue weighted by atomic mass is 10.2. The SMILES string of the molecule is O=C(NCc1cn(CCN2CCNC2=O)nn1)c1cc2c(F)c(F)ccc2[nH]1. The molecule has 28 heavy (non-hydrogen) atoms. The molecule has 1 aliphatic heterocycles. The first kappa shape index (κ1) is 17.9. The van der Waals surface area contributed by atoms with E-state index in [1.807, 2.05) is 0 Å². The van der Waals surface area contributed by atoms with Crippen molar-refractivity contribution in [2.75, 3.05) is 19.6 Å². The van der Waals surface area contributed by atoms with E-state index in [1.54, 1.807) is 15.8 Å². The van der Waals surface area contributed by atoms with Gasteiger partial charge in [0.05, 0.1) is 19.3 Å². The average molecular weight is 389 g/mol. The van der Waals surface area contributed by atoms with Crippen LogP contribution in [0, 0.1) is 11.6 Å². The maximum absolute atomic E-state index is 13.8. The van der Waals surface area contributed by atoms with E-state index in [-0.39, 0.29) is 23.7 Å². The second kappa shape index (κ2) is 7.25. The lowest BCUT2D eigenvalue weighted by Gasteiger charge is -2.12. The van der Waals surface area contributed by atoms with Gasteiger partial charge in [0, 0.05) is 30.5 Å². The third kappa shape index (κ3) is 3.50. The molecule has 1 fully saturated rings. The lowest BCUT2D eigenvalue weighted by molar-refractivity contribution is 0.0946. The Hall–Kier alpha value is -3.50. The number of hydrogen-bond acceptors (Lipinski definition) is 4. The number of amides is 3. The predicted molar refractivity (Wildman–Crippen MR) is 94.4 cm³/mol. The molecule has 9 nitrogen and oxygen atoms in total.